The molecule has 2 aromatic rings. The summed E-state index contributed by atoms with van der Waals surface area (Å²) in [6.07, 6.45) is 3.56. The average molecular weight is 370 g/mol. The lowest BCUT2D eigenvalue weighted by atomic mass is 10.1. The molecule has 1 aliphatic heterocycles. The second kappa shape index (κ2) is 7.00. The van der Waals surface area contributed by atoms with E-state index < -0.39 is 0 Å². The predicted molar refractivity (Wildman–Crippen MR) is 101 cm³/mol. The van der Waals surface area contributed by atoms with Crippen LogP contribution in [0.5, 0.6) is 0 Å². The van der Waals surface area contributed by atoms with Gasteiger partial charge in [-0.3, -0.25) is 9.69 Å². The number of furan rings is 1. The highest BCUT2D eigenvalue weighted by Crippen LogP contribution is 2.42. The van der Waals surface area contributed by atoms with Crippen molar-refractivity contribution in [2.45, 2.75) is 32.5 Å². The number of nitrogens with zero attached hydrogens (tertiary/aromatic N) is 2. The molecule has 0 saturated heterocycles. The van der Waals surface area contributed by atoms with E-state index >= 15 is 0 Å². The molecule has 1 aromatic carbocycles. The zero-order valence-corrected chi connectivity index (χ0v) is 15.2. The van der Waals surface area contributed by atoms with Crippen LogP contribution in [0.4, 0.5) is 0 Å². The Hall–Kier alpha value is -2.53. The molecule has 0 bridgehead atoms. The van der Waals surface area contributed by atoms with Crippen LogP contribution in [-0.4, -0.2) is 22.8 Å². The maximum absolute atomic E-state index is 12.5. The monoisotopic (exact) mass is 369 g/mol. The van der Waals surface area contributed by atoms with Crippen molar-refractivity contribution >= 4 is 29.0 Å². The van der Waals surface area contributed by atoms with E-state index in [1.54, 1.807) is 18.1 Å². The van der Waals surface area contributed by atoms with Gasteiger partial charge in [-0.2, -0.15) is 0 Å². The fourth-order valence-corrected chi connectivity index (χ4v) is 3.54. The highest BCUT2D eigenvalue weighted by Gasteiger charge is 2.42. The van der Waals surface area contributed by atoms with Crippen molar-refractivity contribution in [3.63, 3.8) is 0 Å². The Morgan fingerprint density at radius 2 is 2.04 bits per heavy atom. The van der Waals surface area contributed by atoms with Crippen molar-refractivity contribution in [1.29, 1.82) is 0 Å². The Bertz CT molecular complexity index is 854. The van der Waals surface area contributed by atoms with Gasteiger partial charge in [0.05, 0.1) is 18.5 Å². The van der Waals surface area contributed by atoms with Crippen LogP contribution >= 0.6 is 11.6 Å². The van der Waals surface area contributed by atoms with E-state index in [2.05, 4.69) is 5.32 Å². The molecule has 1 unspecified atom stereocenters. The molecule has 2 aliphatic rings. The van der Waals surface area contributed by atoms with E-state index in [-0.39, 0.29) is 12.1 Å². The summed E-state index contributed by atoms with van der Waals surface area (Å²) < 4.78 is 5.38. The minimum Gasteiger partial charge on any atom is -0.467 e. The Labute approximate surface area is 157 Å². The van der Waals surface area contributed by atoms with Gasteiger partial charge in [-0.1, -0.05) is 41.9 Å². The molecule has 1 N–H and O–H groups in total. The molecule has 1 fully saturated rings. The van der Waals surface area contributed by atoms with Gasteiger partial charge in [-0.05, 0) is 30.5 Å². The third-order valence-electron chi connectivity index (χ3n) is 4.62. The van der Waals surface area contributed by atoms with Gasteiger partial charge in [0.25, 0.3) is 0 Å². The highest BCUT2D eigenvalue weighted by atomic mass is 35.5. The molecule has 1 amide bonds. The Kier molecular flexibility index (Phi) is 4.55. The molecule has 1 aromatic heterocycles. The molecule has 1 aliphatic carbocycles. The lowest BCUT2D eigenvalue weighted by molar-refractivity contribution is -0.127. The largest absolute Gasteiger partial charge is 0.467 e. The summed E-state index contributed by atoms with van der Waals surface area (Å²) in [4.78, 5) is 19.0. The molecule has 2 heterocycles. The number of rotatable bonds is 4. The lowest BCUT2D eigenvalue weighted by Crippen LogP contribution is -2.44. The fourth-order valence-electron chi connectivity index (χ4n) is 3.22. The summed E-state index contributed by atoms with van der Waals surface area (Å²) in [5.74, 6) is 1.74. The number of carbonyl (C=O) groups excluding carboxylic acids is 1. The average Bonchev–Trinajstić information content (AvgIpc) is 3.36. The van der Waals surface area contributed by atoms with Gasteiger partial charge < -0.3 is 9.73 Å². The lowest BCUT2D eigenvalue weighted by Gasteiger charge is -2.35. The minimum absolute atomic E-state index is 0.0484. The van der Waals surface area contributed by atoms with Crippen LogP contribution < -0.4 is 5.32 Å². The Morgan fingerprint density at radius 1 is 1.27 bits per heavy atom. The Morgan fingerprint density at radius 3 is 2.65 bits per heavy atom. The summed E-state index contributed by atoms with van der Waals surface area (Å²) in [7, 11) is 0. The van der Waals surface area contributed by atoms with Crippen molar-refractivity contribution < 1.29 is 9.21 Å². The van der Waals surface area contributed by atoms with E-state index in [0.717, 1.165) is 24.2 Å². The number of nitrogens with one attached hydrogen (secondary N) is 1. The van der Waals surface area contributed by atoms with Gasteiger partial charge in [-0.15, -0.1) is 0 Å². The summed E-state index contributed by atoms with van der Waals surface area (Å²) in [6, 6.07) is 13.5. The zero-order valence-electron chi connectivity index (χ0n) is 14.5. The SMILES string of the molecule is CC(=O)N1C(c2ccccc2)=C(Cl)C(NCc2ccco2)=NC1C1CC1. The zero-order chi connectivity index (χ0) is 18.1. The summed E-state index contributed by atoms with van der Waals surface area (Å²) in [6.45, 7) is 2.06. The number of amides is 1. The third-order valence-corrected chi connectivity index (χ3v) is 4.98. The Balaban J connectivity index is 1.73. The number of hydrogen-bond acceptors (Lipinski definition) is 4. The number of benzene rings is 1. The van der Waals surface area contributed by atoms with Crippen molar-refractivity contribution in [2.75, 3.05) is 0 Å². The maximum atomic E-state index is 12.5. The highest BCUT2D eigenvalue weighted by molar-refractivity contribution is 6.46. The first-order valence-electron chi connectivity index (χ1n) is 8.74. The van der Waals surface area contributed by atoms with Crippen molar-refractivity contribution in [3.05, 3.63) is 65.1 Å². The van der Waals surface area contributed by atoms with Crippen LogP contribution in [0.15, 0.2) is 63.2 Å². The standard InChI is InChI=1S/C20H20ClN3O2/c1-13(25)24-18(14-6-3-2-4-7-14)17(21)19(23-20(24)15-9-10-15)22-12-16-8-5-11-26-16/h2-8,11,15,20H,9-10,12H2,1H3,(H,22,23). The molecular formula is C20H20ClN3O2. The molecule has 1 saturated carbocycles. The van der Waals surface area contributed by atoms with Crippen LogP contribution in [0.1, 0.15) is 31.1 Å². The number of aliphatic imine (C=N–C) groups is 1. The van der Waals surface area contributed by atoms with E-state index in [4.69, 9.17) is 21.0 Å². The molecule has 0 radical (unpaired) electrons. The van der Waals surface area contributed by atoms with Crippen LogP contribution in [0.2, 0.25) is 0 Å². The fraction of sp³-hybridized carbons (Fsp3) is 0.300. The normalized spacial score (nSPS) is 20.2. The molecule has 134 valence electrons. The summed E-state index contributed by atoms with van der Waals surface area (Å²) in [5.41, 5.74) is 1.62. The van der Waals surface area contributed by atoms with E-state index in [0.29, 0.717) is 29.0 Å². The van der Waals surface area contributed by atoms with Gasteiger partial charge in [0.2, 0.25) is 5.91 Å². The molecule has 5 nitrogen and oxygen atoms in total. The van der Waals surface area contributed by atoms with Gasteiger partial charge in [0.15, 0.2) is 0 Å². The molecule has 6 heteroatoms. The molecule has 1 atom stereocenters. The summed E-state index contributed by atoms with van der Waals surface area (Å²) >= 11 is 6.71. The molecule has 0 spiro atoms. The quantitative estimate of drug-likeness (QED) is 0.887. The van der Waals surface area contributed by atoms with Gasteiger partial charge in [-0.25, -0.2) is 4.99 Å². The van der Waals surface area contributed by atoms with Gasteiger partial charge in [0.1, 0.15) is 22.8 Å². The van der Waals surface area contributed by atoms with Crippen LogP contribution in [0, 0.1) is 5.92 Å². The number of amidine groups is 1. The maximum Gasteiger partial charge on any atom is 0.225 e. The third kappa shape index (κ3) is 3.27. The number of carbonyl (C=O) groups is 1. The number of hydrogen-bond donors (Lipinski definition) is 1. The van der Waals surface area contributed by atoms with Gasteiger partial charge in [0, 0.05) is 12.8 Å². The van der Waals surface area contributed by atoms with Gasteiger partial charge >= 0.3 is 0 Å². The minimum atomic E-state index is -0.218. The predicted octanol–water partition coefficient (Wildman–Crippen LogP) is 3.97. The van der Waals surface area contributed by atoms with Crippen LogP contribution in [0.3, 0.4) is 0 Å². The second-order valence-corrected chi connectivity index (χ2v) is 6.96. The smallest absolute Gasteiger partial charge is 0.225 e. The van der Waals surface area contributed by atoms with Crippen LogP contribution in [0.25, 0.3) is 5.70 Å². The van der Waals surface area contributed by atoms with Crippen molar-refractivity contribution in [2.24, 2.45) is 10.9 Å². The van der Waals surface area contributed by atoms with Crippen molar-refractivity contribution in [1.82, 2.24) is 10.2 Å². The van der Waals surface area contributed by atoms with Crippen molar-refractivity contribution in [3.8, 4) is 0 Å². The molecular weight excluding hydrogens is 350 g/mol. The van der Waals surface area contributed by atoms with E-state index in [1.165, 1.54) is 0 Å². The topological polar surface area (TPSA) is 57.8 Å². The molecule has 26 heavy (non-hydrogen) atoms. The summed E-state index contributed by atoms with van der Waals surface area (Å²) in [5, 5.41) is 3.73. The van der Waals surface area contributed by atoms with E-state index in [9.17, 15) is 4.79 Å². The van der Waals surface area contributed by atoms with Crippen LogP contribution in [-0.2, 0) is 11.3 Å². The first kappa shape index (κ1) is 16.9. The second-order valence-electron chi connectivity index (χ2n) is 6.58. The number of halogens is 1. The first-order valence-corrected chi connectivity index (χ1v) is 9.12. The first-order chi connectivity index (χ1) is 12.6. The molecule has 4 rings (SSSR count). The van der Waals surface area contributed by atoms with E-state index in [1.807, 2.05) is 42.5 Å².